The summed E-state index contributed by atoms with van der Waals surface area (Å²) in [5, 5.41) is 2.31. The Bertz CT molecular complexity index is 112. The molecule has 1 atom stereocenters. The fourth-order valence-corrected chi connectivity index (χ4v) is 0.640. The Morgan fingerprint density at radius 2 is 2.50 bits per heavy atom. The topological polar surface area (TPSA) is 38.3 Å². The number of halogens is 2. The quantitative estimate of drug-likeness (QED) is 0.671. The highest BCUT2D eigenvalue weighted by atomic mass is 35.5. The van der Waals surface area contributed by atoms with Gasteiger partial charge < -0.3 is 5.32 Å². The van der Waals surface area contributed by atoms with Crippen molar-refractivity contribution < 1.29 is 13.5 Å². The normalized spacial score (nSPS) is 12.7. The van der Waals surface area contributed by atoms with Crippen molar-refractivity contribution in [2.75, 3.05) is 13.3 Å². The van der Waals surface area contributed by atoms with Gasteiger partial charge in [-0.25, -0.2) is 4.39 Å². The molecule has 0 saturated heterocycles. The second-order valence-electron chi connectivity index (χ2n) is 1.83. The van der Waals surface area contributed by atoms with Crippen LogP contribution in [0.4, 0.5) is 4.39 Å². The van der Waals surface area contributed by atoms with Gasteiger partial charge in [0.2, 0.25) is 5.91 Å². The number of alkyl halides is 1. The Balaban J connectivity index is 3.49. The molecule has 1 unspecified atom stereocenters. The minimum atomic E-state index is -0.674. The predicted molar refractivity (Wildman–Crippen MR) is 35.4 cm³/mol. The molecule has 1 N–H and O–H groups in total. The van der Waals surface area contributed by atoms with E-state index in [1.807, 2.05) is 0 Å². The number of carbonyl (C=O) groups is 1. The molecule has 0 aliphatic rings. The summed E-state index contributed by atoms with van der Waals surface area (Å²) < 4.78 is 16.0. The Labute approximate surface area is 63.7 Å². The number of carbonyl (C=O) groups excluding carboxylic acids is 1. The molecule has 0 fully saturated rings. The van der Waals surface area contributed by atoms with Crippen LogP contribution in [-0.4, -0.2) is 25.2 Å². The molecular weight excluding hydrogens is 161 g/mol. The van der Waals surface area contributed by atoms with Crippen LogP contribution in [0.15, 0.2) is 0 Å². The van der Waals surface area contributed by atoms with Crippen LogP contribution < -0.4 is 5.32 Å². The number of nitrogens with one attached hydrogen (secondary N) is 1. The van der Waals surface area contributed by atoms with E-state index in [-0.39, 0.29) is 12.5 Å². The van der Waals surface area contributed by atoms with E-state index in [0.29, 0.717) is 0 Å². The molecule has 0 bridgehead atoms. The van der Waals surface area contributed by atoms with Gasteiger partial charge in [-0.15, -0.1) is 0 Å². The lowest BCUT2D eigenvalue weighted by atomic mass is 10.3. The Morgan fingerprint density at radius 3 is 2.80 bits per heavy atom. The molecule has 0 aliphatic heterocycles. The van der Waals surface area contributed by atoms with E-state index in [1.165, 1.54) is 6.92 Å². The highest BCUT2D eigenvalue weighted by Crippen LogP contribution is 1.89. The summed E-state index contributed by atoms with van der Waals surface area (Å²) in [5.41, 5.74) is 0. The molecule has 10 heavy (non-hydrogen) atoms. The van der Waals surface area contributed by atoms with Crippen LogP contribution >= 0.6 is 11.9 Å². The van der Waals surface area contributed by atoms with E-state index in [0.717, 1.165) is 0 Å². The SMILES string of the molecule is CC(=O)NC(CF)COCl. The van der Waals surface area contributed by atoms with Crippen LogP contribution in [-0.2, 0) is 9.08 Å². The van der Waals surface area contributed by atoms with Gasteiger partial charge in [0.1, 0.15) is 6.67 Å². The Hall–Kier alpha value is -0.350. The van der Waals surface area contributed by atoms with E-state index in [1.54, 1.807) is 0 Å². The zero-order valence-corrected chi connectivity index (χ0v) is 6.32. The summed E-state index contributed by atoms with van der Waals surface area (Å²) in [7, 11) is 0. The first-order chi connectivity index (χ1) is 4.70. The Morgan fingerprint density at radius 1 is 1.90 bits per heavy atom. The zero-order chi connectivity index (χ0) is 7.98. The van der Waals surface area contributed by atoms with Crippen LogP contribution in [0.1, 0.15) is 6.92 Å². The van der Waals surface area contributed by atoms with Crippen molar-refractivity contribution in [2.45, 2.75) is 13.0 Å². The molecule has 3 nitrogen and oxygen atoms in total. The first-order valence-corrected chi connectivity index (χ1v) is 3.08. The lowest BCUT2D eigenvalue weighted by molar-refractivity contribution is -0.120. The smallest absolute Gasteiger partial charge is 0.217 e. The summed E-state index contributed by atoms with van der Waals surface area (Å²) in [6.07, 6.45) is 0. The van der Waals surface area contributed by atoms with Crippen LogP contribution in [0.2, 0.25) is 0 Å². The molecule has 0 spiro atoms. The van der Waals surface area contributed by atoms with Crippen molar-refractivity contribution >= 4 is 17.8 Å². The zero-order valence-electron chi connectivity index (χ0n) is 5.56. The lowest BCUT2D eigenvalue weighted by Crippen LogP contribution is -2.37. The monoisotopic (exact) mass is 169 g/mol. The van der Waals surface area contributed by atoms with Gasteiger partial charge in [-0.05, 0) is 0 Å². The largest absolute Gasteiger partial charge is 0.349 e. The van der Waals surface area contributed by atoms with Gasteiger partial charge in [-0.1, -0.05) is 0 Å². The summed E-state index contributed by atoms with van der Waals surface area (Å²) >= 11 is 4.84. The van der Waals surface area contributed by atoms with E-state index >= 15 is 0 Å². The molecule has 60 valence electrons. The first kappa shape index (κ1) is 9.65. The van der Waals surface area contributed by atoms with E-state index in [4.69, 9.17) is 11.9 Å². The van der Waals surface area contributed by atoms with Crippen molar-refractivity contribution in [3.8, 4) is 0 Å². The van der Waals surface area contributed by atoms with Gasteiger partial charge >= 0.3 is 0 Å². The van der Waals surface area contributed by atoms with Crippen LogP contribution in [0.3, 0.4) is 0 Å². The fraction of sp³-hybridized carbons (Fsp3) is 0.800. The van der Waals surface area contributed by atoms with Gasteiger partial charge in [-0.3, -0.25) is 9.08 Å². The highest BCUT2D eigenvalue weighted by Gasteiger charge is 2.08. The third-order valence-electron chi connectivity index (χ3n) is 0.858. The maximum absolute atomic E-state index is 11.9. The first-order valence-electron chi connectivity index (χ1n) is 2.77. The summed E-state index contributed by atoms with van der Waals surface area (Å²) in [6, 6.07) is -0.630. The molecular formula is C5H9ClFNO2. The predicted octanol–water partition coefficient (Wildman–Crippen LogP) is 0.631. The second kappa shape index (κ2) is 5.44. The third-order valence-corrected chi connectivity index (χ3v) is 0.984. The molecule has 0 aromatic rings. The van der Waals surface area contributed by atoms with Crippen molar-refractivity contribution in [3.05, 3.63) is 0 Å². The van der Waals surface area contributed by atoms with Gasteiger partial charge in [0.25, 0.3) is 0 Å². The number of rotatable bonds is 4. The molecule has 0 rings (SSSR count). The minimum absolute atomic E-state index is 0.0162. The molecule has 0 aromatic heterocycles. The van der Waals surface area contributed by atoms with Crippen molar-refractivity contribution in [1.82, 2.24) is 5.32 Å². The maximum atomic E-state index is 11.9. The molecule has 5 heteroatoms. The highest BCUT2D eigenvalue weighted by molar-refractivity contribution is 6.07. The number of amides is 1. The van der Waals surface area contributed by atoms with E-state index < -0.39 is 12.7 Å². The standard InChI is InChI=1S/C5H9ClFNO2/c1-4(9)8-5(2-7)3-10-6/h5H,2-3H2,1H3,(H,8,9). The lowest BCUT2D eigenvalue weighted by Gasteiger charge is -2.10. The van der Waals surface area contributed by atoms with Crippen LogP contribution in [0.5, 0.6) is 0 Å². The van der Waals surface area contributed by atoms with E-state index in [2.05, 4.69) is 9.61 Å². The molecule has 1 amide bonds. The molecule has 0 aliphatic carbocycles. The van der Waals surface area contributed by atoms with Gasteiger partial charge in [0.05, 0.1) is 24.5 Å². The maximum Gasteiger partial charge on any atom is 0.217 e. The second-order valence-corrected chi connectivity index (χ2v) is 2.05. The van der Waals surface area contributed by atoms with E-state index in [9.17, 15) is 9.18 Å². The van der Waals surface area contributed by atoms with Crippen molar-refractivity contribution in [3.63, 3.8) is 0 Å². The Kier molecular flexibility index (Phi) is 5.25. The summed E-state index contributed by atoms with van der Waals surface area (Å²) in [5.74, 6) is -0.295. The average Bonchev–Trinajstić information content (AvgIpc) is 1.86. The number of hydrogen-bond acceptors (Lipinski definition) is 2. The molecule has 0 radical (unpaired) electrons. The third kappa shape index (κ3) is 4.52. The molecule has 0 saturated carbocycles. The van der Waals surface area contributed by atoms with Gasteiger partial charge in [-0.2, -0.15) is 0 Å². The van der Waals surface area contributed by atoms with Gasteiger partial charge in [0.15, 0.2) is 0 Å². The van der Waals surface area contributed by atoms with Crippen molar-refractivity contribution in [2.24, 2.45) is 0 Å². The summed E-state index contributed by atoms with van der Waals surface area (Å²) in [6.45, 7) is 0.612. The van der Waals surface area contributed by atoms with Crippen LogP contribution in [0, 0.1) is 0 Å². The van der Waals surface area contributed by atoms with Gasteiger partial charge in [0, 0.05) is 6.92 Å². The summed E-state index contributed by atoms with van der Waals surface area (Å²) in [4.78, 5) is 10.3. The molecule has 0 aromatic carbocycles. The number of hydrogen-bond donors (Lipinski definition) is 1. The minimum Gasteiger partial charge on any atom is -0.349 e. The fourth-order valence-electron chi connectivity index (χ4n) is 0.488. The molecule has 0 heterocycles. The average molecular weight is 170 g/mol. The van der Waals surface area contributed by atoms with Crippen molar-refractivity contribution in [1.29, 1.82) is 0 Å². The van der Waals surface area contributed by atoms with Crippen LogP contribution in [0.25, 0.3) is 0 Å².